The molecule has 1 saturated carbocycles. The van der Waals surface area contributed by atoms with Crippen molar-refractivity contribution in [1.82, 2.24) is 9.97 Å². The van der Waals surface area contributed by atoms with Crippen molar-refractivity contribution in [2.75, 3.05) is 10.6 Å². The molecule has 0 saturated heterocycles. The van der Waals surface area contributed by atoms with Crippen molar-refractivity contribution in [1.29, 1.82) is 0 Å². The van der Waals surface area contributed by atoms with Gasteiger partial charge in [-0.05, 0) is 52.9 Å². The van der Waals surface area contributed by atoms with E-state index in [4.69, 9.17) is 5.73 Å². The molecule has 2 rings (SSSR count). The predicted octanol–water partition coefficient (Wildman–Crippen LogP) is 2.14. The smallest absolute Gasteiger partial charge is 0.254 e. The van der Waals surface area contributed by atoms with Crippen LogP contribution in [0.25, 0.3) is 0 Å². The summed E-state index contributed by atoms with van der Waals surface area (Å²) in [5.74, 6) is 0.524. The van der Waals surface area contributed by atoms with Gasteiger partial charge in [-0.25, -0.2) is 4.98 Å². The summed E-state index contributed by atoms with van der Waals surface area (Å²) in [5, 5.41) is 17.0. The molecule has 0 radical (unpaired) electrons. The molecule has 134 valence electrons. The monoisotopic (exact) mass is 335 g/mol. The van der Waals surface area contributed by atoms with E-state index in [0.717, 1.165) is 12.8 Å². The minimum absolute atomic E-state index is 0.0340. The van der Waals surface area contributed by atoms with Gasteiger partial charge in [-0.2, -0.15) is 4.98 Å². The van der Waals surface area contributed by atoms with Crippen molar-refractivity contribution >= 4 is 17.7 Å². The van der Waals surface area contributed by atoms with Crippen molar-refractivity contribution in [3.63, 3.8) is 0 Å². The van der Waals surface area contributed by atoms with Gasteiger partial charge in [-0.1, -0.05) is 6.92 Å². The lowest BCUT2D eigenvalue weighted by Crippen LogP contribution is -2.44. The highest BCUT2D eigenvalue weighted by molar-refractivity contribution is 5.97. The Hall–Kier alpha value is -1.89. The number of nitrogens with two attached hydrogens (primary N) is 1. The number of primary amides is 1. The van der Waals surface area contributed by atoms with Crippen LogP contribution in [-0.2, 0) is 0 Å². The Morgan fingerprint density at radius 3 is 2.62 bits per heavy atom. The summed E-state index contributed by atoms with van der Waals surface area (Å²) in [7, 11) is 0. The number of rotatable bonds is 4. The van der Waals surface area contributed by atoms with Gasteiger partial charge in [0, 0.05) is 17.8 Å². The molecule has 0 spiro atoms. The highest BCUT2D eigenvalue weighted by Gasteiger charge is 2.36. The molecule has 1 heterocycles. The fraction of sp³-hybridized carbons (Fsp3) is 0.706. The van der Waals surface area contributed by atoms with Crippen molar-refractivity contribution in [2.24, 2.45) is 11.7 Å². The van der Waals surface area contributed by atoms with Crippen molar-refractivity contribution in [3.8, 4) is 0 Å². The van der Waals surface area contributed by atoms with E-state index < -0.39 is 11.5 Å². The molecule has 0 bridgehead atoms. The lowest BCUT2D eigenvalue weighted by atomic mass is 9.75. The van der Waals surface area contributed by atoms with Gasteiger partial charge >= 0.3 is 0 Å². The normalized spacial score (nSPS) is 27.6. The number of nitrogens with zero attached hydrogens (tertiary/aromatic N) is 2. The van der Waals surface area contributed by atoms with Crippen LogP contribution in [0.1, 0.15) is 64.2 Å². The number of aliphatic hydroxyl groups is 1. The largest absolute Gasteiger partial charge is 0.390 e. The minimum Gasteiger partial charge on any atom is -0.390 e. The maximum absolute atomic E-state index is 11.7. The first-order valence-corrected chi connectivity index (χ1v) is 8.42. The molecule has 0 aliphatic heterocycles. The zero-order chi connectivity index (χ0) is 18.1. The molecule has 1 fully saturated rings. The molecule has 0 aromatic carbocycles. The van der Waals surface area contributed by atoms with Crippen LogP contribution in [0, 0.1) is 5.92 Å². The number of carbonyl (C=O) groups is 1. The molecule has 3 atom stereocenters. The summed E-state index contributed by atoms with van der Waals surface area (Å²) in [6, 6.07) is 0.0340. The second-order valence-electron chi connectivity index (χ2n) is 8.08. The third kappa shape index (κ3) is 4.56. The zero-order valence-electron chi connectivity index (χ0n) is 15.2. The van der Waals surface area contributed by atoms with Crippen LogP contribution < -0.4 is 16.4 Å². The van der Waals surface area contributed by atoms with Gasteiger partial charge in [0.05, 0.1) is 11.2 Å². The first-order chi connectivity index (χ1) is 11.0. The first-order valence-electron chi connectivity index (χ1n) is 8.42. The van der Waals surface area contributed by atoms with Gasteiger partial charge in [0.1, 0.15) is 5.82 Å². The number of carbonyl (C=O) groups excluding carboxylic acids is 1. The summed E-state index contributed by atoms with van der Waals surface area (Å²) in [5.41, 5.74) is 4.77. The molecule has 1 amide bonds. The Bertz CT molecular complexity index is 609. The number of anilines is 2. The van der Waals surface area contributed by atoms with Gasteiger partial charge in [0.25, 0.3) is 5.91 Å². The highest BCUT2D eigenvalue weighted by Crippen LogP contribution is 2.34. The van der Waals surface area contributed by atoms with Crippen LogP contribution in [-0.4, -0.2) is 38.2 Å². The molecule has 5 N–H and O–H groups in total. The minimum atomic E-state index is -0.734. The molecule has 1 aliphatic carbocycles. The van der Waals surface area contributed by atoms with Crippen LogP contribution in [0.3, 0.4) is 0 Å². The van der Waals surface area contributed by atoms with E-state index in [-0.39, 0.29) is 23.1 Å². The topological polar surface area (TPSA) is 113 Å². The fourth-order valence-corrected chi connectivity index (χ4v) is 2.95. The quantitative estimate of drug-likeness (QED) is 0.670. The maximum atomic E-state index is 11.7. The first kappa shape index (κ1) is 18.4. The average molecular weight is 335 g/mol. The summed E-state index contributed by atoms with van der Waals surface area (Å²) in [6.45, 7) is 9.93. The van der Waals surface area contributed by atoms with Crippen LogP contribution in [0.5, 0.6) is 0 Å². The molecule has 7 heteroatoms. The SMILES string of the molecule is C[C@@H]1CCC(Nc2nc(NC(C)(C)C)ncc2C(N)=O)C[C@@]1(C)O. The van der Waals surface area contributed by atoms with Crippen LogP contribution in [0.15, 0.2) is 6.20 Å². The summed E-state index contributed by atoms with van der Waals surface area (Å²) in [6.07, 6.45) is 3.85. The van der Waals surface area contributed by atoms with E-state index in [1.165, 1.54) is 6.20 Å². The van der Waals surface area contributed by atoms with Gasteiger partial charge < -0.3 is 21.5 Å². The fourth-order valence-electron chi connectivity index (χ4n) is 2.95. The molecule has 1 aromatic heterocycles. The molecule has 7 nitrogen and oxygen atoms in total. The zero-order valence-corrected chi connectivity index (χ0v) is 15.2. The summed E-state index contributed by atoms with van der Waals surface area (Å²) >= 11 is 0. The van der Waals surface area contributed by atoms with Gasteiger partial charge in [0.2, 0.25) is 5.95 Å². The van der Waals surface area contributed by atoms with Crippen molar-refractivity contribution < 1.29 is 9.90 Å². The van der Waals surface area contributed by atoms with E-state index in [1.54, 1.807) is 0 Å². The third-order valence-electron chi connectivity index (χ3n) is 4.55. The standard InChI is InChI=1S/C17H29N5O2/c1-10-6-7-11(8-17(10,5)24)20-14-12(13(18)23)9-19-15(21-14)22-16(2,3)4/h9-11,24H,6-8H2,1-5H3,(H2,18,23)(H2,19,20,21,22)/t10-,11?,17-/m1/s1. The van der Waals surface area contributed by atoms with Crippen LogP contribution >= 0.6 is 0 Å². The van der Waals surface area contributed by atoms with E-state index in [0.29, 0.717) is 18.2 Å². The second kappa shape index (κ2) is 6.55. The lowest BCUT2D eigenvalue weighted by molar-refractivity contribution is -0.0277. The molecular weight excluding hydrogens is 306 g/mol. The molecule has 24 heavy (non-hydrogen) atoms. The van der Waals surface area contributed by atoms with E-state index in [1.807, 2.05) is 27.7 Å². The average Bonchev–Trinajstić information content (AvgIpc) is 2.40. The van der Waals surface area contributed by atoms with Crippen molar-refractivity contribution in [2.45, 2.75) is 71.1 Å². The summed E-state index contributed by atoms with van der Waals surface area (Å²) < 4.78 is 0. The number of hydrogen-bond acceptors (Lipinski definition) is 6. The number of hydrogen-bond donors (Lipinski definition) is 4. The molecule has 1 aromatic rings. The molecular formula is C17H29N5O2. The predicted molar refractivity (Wildman–Crippen MR) is 95.0 cm³/mol. The third-order valence-corrected chi connectivity index (χ3v) is 4.55. The summed E-state index contributed by atoms with van der Waals surface area (Å²) in [4.78, 5) is 20.3. The van der Waals surface area contributed by atoms with E-state index >= 15 is 0 Å². The highest BCUT2D eigenvalue weighted by atomic mass is 16.3. The number of nitrogens with one attached hydrogen (secondary N) is 2. The maximum Gasteiger partial charge on any atom is 0.254 e. The molecule has 1 unspecified atom stereocenters. The van der Waals surface area contributed by atoms with Crippen molar-refractivity contribution in [3.05, 3.63) is 11.8 Å². The number of aromatic nitrogens is 2. The van der Waals surface area contributed by atoms with Crippen LogP contribution in [0.2, 0.25) is 0 Å². The Kier molecular flexibility index (Phi) is 5.03. The van der Waals surface area contributed by atoms with Gasteiger partial charge in [-0.15, -0.1) is 0 Å². The Labute approximate surface area is 143 Å². The van der Waals surface area contributed by atoms with E-state index in [9.17, 15) is 9.90 Å². The number of amides is 1. The van der Waals surface area contributed by atoms with E-state index in [2.05, 4.69) is 27.5 Å². The Morgan fingerprint density at radius 2 is 2.08 bits per heavy atom. The van der Waals surface area contributed by atoms with Gasteiger partial charge in [0.15, 0.2) is 0 Å². The molecule has 1 aliphatic rings. The van der Waals surface area contributed by atoms with Crippen LogP contribution in [0.4, 0.5) is 11.8 Å². The van der Waals surface area contributed by atoms with Gasteiger partial charge in [-0.3, -0.25) is 4.79 Å². The Balaban J connectivity index is 2.23. The lowest BCUT2D eigenvalue weighted by Gasteiger charge is -2.39. The Morgan fingerprint density at radius 1 is 1.42 bits per heavy atom. The second-order valence-corrected chi connectivity index (χ2v) is 8.08.